The van der Waals surface area contributed by atoms with Crippen molar-refractivity contribution in [3.05, 3.63) is 34.7 Å². The summed E-state index contributed by atoms with van der Waals surface area (Å²) in [5.74, 6) is 0.491. The molecule has 1 N–H and O–H groups in total. The maximum absolute atomic E-state index is 11.0. The Morgan fingerprint density at radius 2 is 2.14 bits per heavy atom. The maximum Gasteiger partial charge on any atom is 0.339 e. The van der Waals surface area contributed by atoms with Crippen molar-refractivity contribution in [3.8, 4) is 11.5 Å². The van der Waals surface area contributed by atoms with Crippen molar-refractivity contribution in [1.82, 2.24) is 0 Å². The fourth-order valence-corrected chi connectivity index (χ4v) is 1.29. The third-order valence-corrected chi connectivity index (χ3v) is 1.91. The van der Waals surface area contributed by atoms with Crippen molar-refractivity contribution in [2.45, 2.75) is 0 Å². The highest BCUT2D eigenvalue weighted by atomic mass is 16.5. The van der Waals surface area contributed by atoms with Crippen LogP contribution in [0.15, 0.2) is 33.5 Å². The molecule has 4 nitrogen and oxygen atoms in total. The number of phenols is 1. The van der Waals surface area contributed by atoms with E-state index in [9.17, 15) is 9.90 Å². The molecule has 0 fully saturated rings. The number of methoxy groups -OCH3 is 1. The molecule has 1 heterocycles. The van der Waals surface area contributed by atoms with E-state index < -0.39 is 5.63 Å². The van der Waals surface area contributed by atoms with Gasteiger partial charge in [0.1, 0.15) is 17.1 Å². The summed E-state index contributed by atoms with van der Waals surface area (Å²) in [6, 6.07) is 5.77. The molecule has 4 heteroatoms. The van der Waals surface area contributed by atoms with Gasteiger partial charge in [0, 0.05) is 6.07 Å². The molecular weight excluding hydrogens is 184 g/mol. The van der Waals surface area contributed by atoms with Gasteiger partial charge in [-0.15, -0.1) is 0 Å². The zero-order valence-corrected chi connectivity index (χ0v) is 7.48. The number of fused-ring (bicyclic) bond motifs is 1. The minimum absolute atomic E-state index is 0.0499. The third kappa shape index (κ3) is 1.31. The van der Waals surface area contributed by atoms with E-state index in [0.29, 0.717) is 16.7 Å². The van der Waals surface area contributed by atoms with Crippen molar-refractivity contribution in [2.75, 3.05) is 7.11 Å². The van der Waals surface area contributed by atoms with Gasteiger partial charge < -0.3 is 14.3 Å². The fraction of sp³-hybridized carbons (Fsp3) is 0.100. The van der Waals surface area contributed by atoms with E-state index in [1.54, 1.807) is 6.07 Å². The zero-order chi connectivity index (χ0) is 10.1. The lowest BCUT2D eigenvalue weighted by molar-refractivity contribution is 0.412. The smallest absolute Gasteiger partial charge is 0.339 e. The van der Waals surface area contributed by atoms with Crippen LogP contribution < -0.4 is 10.4 Å². The van der Waals surface area contributed by atoms with Gasteiger partial charge in [-0.25, -0.2) is 4.79 Å². The molecule has 0 saturated heterocycles. The monoisotopic (exact) mass is 192 g/mol. The van der Waals surface area contributed by atoms with Gasteiger partial charge >= 0.3 is 5.63 Å². The Balaban J connectivity index is 2.87. The first kappa shape index (κ1) is 8.62. The molecule has 1 aromatic heterocycles. The molecule has 0 amide bonds. The van der Waals surface area contributed by atoms with Gasteiger partial charge in [0.15, 0.2) is 0 Å². The Hall–Kier alpha value is -1.97. The molecule has 0 aliphatic rings. The summed E-state index contributed by atoms with van der Waals surface area (Å²) >= 11 is 0. The highest BCUT2D eigenvalue weighted by Gasteiger charge is 2.05. The maximum atomic E-state index is 11.0. The predicted molar refractivity (Wildman–Crippen MR) is 50.7 cm³/mol. The Bertz CT molecular complexity index is 527. The number of rotatable bonds is 1. The second-order valence-electron chi connectivity index (χ2n) is 2.81. The van der Waals surface area contributed by atoms with Crippen molar-refractivity contribution in [2.24, 2.45) is 0 Å². The average molecular weight is 192 g/mol. The van der Waals surface area contributed by atoms with Crippen LogP contribution in [0.2, 0.25) is 0 Å². The molecule has 1 aromatic carbocycles. The molecule has 0 saturated carbocycles. The van der Waals surface area contributed by atoms with E-state index in [1.165, 1.54) is 25.3 Å². The molecule has 0 aliphatic heterocycles. The molecule has 2 aromatic rings. The van der Waals surface area contributed by atoms with Crippen LogP contribution in [0.4, 0.5) is 0 Å². The first-order valence-electron chi connectivity index (χ1n) is 4.01. The fourth-order valence-electron chi connectivity index (χ4n) is 1.29. The van der Waals surface area contributed by atoms with Gasteiger partial charge in [0.25, 0.3) is 0 Å². The third-order valence-electron chi connectivity index (χ3n) is 1.91. The lowest BCUT2D eigenvalue weighted by atomic mass is 10.2. The Morgan fingerprint density at radius 1 is 1.36 bits per heavy atom. The van der Waals surface area contributed by atoms with Crippen LogP contribution >= 0.6 is 0 Å². The highest BCUT2D eigenvalue weighted by molar-refractivity contribution is 5.84. The van der Waals surface area contributed by atoms with Gasteiger partial charge in [-0.05, 0) is 12.1 Å². The van der Waals surface area contributed by atoms with E-state index in [0.717, 1.165) is 0 Å². The summed E-state index contributed by atoms with van der Waals surface area (Å²) in [4.78, 5) is 11.0. The van der Waals surface area contributed by atoms with E-state index in [1.807, 2.05) is 0 Å². The van der Waals surface area contributed by atoms with E-state index in [2.05, 4.69) is 0 Å². The van der Waals surface area contributed by atoms with E-state index in [-0.39, 0.29) is 5.75 Å². The molecule has 0 spiro atoms. The lowest BCUT2D eigenvalue weighted by Gasteiger charge is -2.03. The summed E-state index contributed by atoms with van der Waals surface area (Å²) in [7, 11) is 1.47. The van der Waals surface area contributed by atoms with Crippen LogP contribution in [0.5, 0.6) is 11.5 Å². The van der Waals surface area contributed by atoms with Crippen LogP contribution in [-0.4, -0.2) is 12.2 Å². The molecule has 72 valence electrons. The highest BCUT2D eigenvalue weighted by Crippen LogP contribution is 2.26. The lowest BCUT2D eigenvalue weighted by Crippen LogP contribution is -1.98. The van der Waals surface area contributed by atoms with Gasteiger partial charge in [0.2, 0.25) is 0 Å². The zero-order valence-electron chi connectivity index (χ0n) is 7.48. The van der Waals surface area contributed by atoms with Crippen molar-refractivity contribution in [3.63, 3.8) is 0 Å². The summed E-state index contributed by atoms with van der Waals surface area (Å²) in [5.41, 5.74) is -0.186. The molecule has 0 bridgehead atoms. The number of ether oxygens (including phenoxy) is 1. The number of phenolic OH excluding ortho intramolecular Hbond substituents is 1. The van der Waals surface area contributed by atoms with Crippen molar-refractivity contribution >= 4 is 11.0 Å². The second-order valence-corrected chi connectivity index (χ2v) is 2.81. The summed E-state index contributed by atoms with van der Waals surface area (Å²) in [6.45, 7) is 0. The van der Waals surface area contributed by atoms with Crippen LogP contribution in [-0.2, 0) is 0 Å². The minimum Gasteiger partial charge on any atom is -0.508 e. The molecule has 14 heavy (non-hydrogen) atoms. The molecule has 0 unspecified atom stereocenters. The van der Waals surface area contributed by atoms with Gasteiger partial charge in [-0.2, -0.15) is 0 Å². The van der Waals surface area contributed by atoms with E-state index >= 15 is 0 Å². The Labute approximate surface area is 79.4 Å². The summed E-state index contributed by atoms with van der Waals surface area (Å²) in [5, 5.41) is 9.84. The largest absolute Gasteiger partial charge is 0.508 e. The minimum atomic E-state index is -0.500. The van der Waals surface area contributed by atoms with Crippen molar-refractivity contribution < 1.29 is 14.3 Å². The molecular formula is C10H8O4. The summed E-state index contributed by atoms with van der Waals surface area (Å²) < 4.78 is 9.90. The molecule has 0 radical (unpaired) electrons. The standard InChI is InChI=1S/C10H8O4/c1-13-8-5-10(12)14-9-4-6(11)2-3-7(8)9/h2-5,11H,1H3. The normalized spacial score (nSPS) is 10.4. The first-order chi connectivity index (χ1) is 6.70. The summed E-state index contributed by atoms with van der Waals surface area (Å²) in [6.07, 6.45) is 0. The van der Waals surface area contributed by atoms with Gasteiger partial charge in [-0.1, -0.05) is 0 Å². The van der Waals surface area contributed by atoms with Crippen molar-refractivity contribution in [1.29, 1.82) is 0 Å². The number of hydrogen-bond acceptors (Lipinski definition) is 4. The Kier molecular flexibility index (Phi) is 1.89. The molecule has 0 aliphatic carbocycles. The SMILES string of the molecule is COc1cc(=O)oc2cc(O)ccc12. The van der Waals surface area contributed by atoms with Gasteiger partial charge in [-0.3, -0.25) is 0 Å². The van der Waals surface area contributed by atoms with Crippen LogP contribution in [0.3, 0.4) is 0 Å². The van der Waals surface area contributed by atoms with Crippen LogP contribution in [0.25, 0.3) is 11.0 Å². The second kappa shape index (κ2) is 3.06. The number of hydrogen-bond donors (Lipinski definition) is 1. The number of benzene rings is 1. The van der Waals surface area contributed by atoms with Gasteiger partial charge in [0.05, 0.1) is 18.6 Å². The average Bonchev–Trinajstić information content (AvgIpc) is 2.15. The molecule has 0 atom stereocenters. The first-order valence-corrected chi connectivity index (χ1v) is 4.01. The van der Waals surface area contributed by atoms with Crippen LogP contribution in [0, 0.1) is 0 Å². The topological polar surface area (TPSA) is 59.7 Å². The Morgan fingerprint density at radius 3 is 2.86 bits per heavy atom. The quantitative estimate of drug-likeness (QED) is 0.695. The predicted octanol–water partition coefficient (Wildman–Crippen LogP) is 1.51. The number of aromatic hydroxyl groups is 1. The molecule has 2 rings (SSSR count). The van der Waals surface area contributed by atoms with Crippen LogP contribution in [0.1, 0.15) is 0 Å². The van der Waals surface area contributed by atoms with E-state index in [4.69, 9.17) is 9.15 Å².